The van der Waals surface area contributed by atoms with Crippen LogP contribution in [0.3, 0.4) is 0 Å². The highest BCUT2D eigenvalue weighted by Gasteiger charge is 2.46. The second-order valence-electron chi connectivity index (χ2n) is 8.28. The van der Waals surface area contributed by atoms with Crippen LogP contribution in [0, 0.1) is 0 Å². The lowest BCUT2D eigenvalue weighted by Gasteiger charge is -2.26. The number of amides is 1. The van der Waals surface area contributed by atoms with Crippen LogP contribution in [0.4, 0.5) is 0 Å². The zero-order chi connectivity index (χ0) is 24.4. The summed E-state index contributed by atoms with van der Waals surface area (Å²) in [6.45, 7) is 3.41. The third-order valence-corrected chi connectivity index (χ3v) is 6.04. The van der Waals surface area contributed by atoms with Crippen molar-refractivity contribution >= 4 is 17.4 Å². The number of Topliss-reactive ketones (excluding diaryl/α,β-unsaturated/α-hetero) is 1. The molecule has 2 heterocycles. The maximum absolute atomic E-state index is 13.3. The molecule has 1 amide bonds. The molecule has 5 rings (SSSR count). The quantitative estimate of drug-likeness (QED) is 0.324. The van der Waals surface area contributed by atoms with Gasteiger partial charge in [0.05, 0.1) is 18.2 Å². The van der Waals surface area contributed by atoms with Crippen molar-refractivity contribution in [2.45, 2.75) is 19.5 Å². The Kier molecular flexibility index (Phi) is 6.14. The van der Waals surface area contributed by atoms with Crippen molar-refractivity contribution < 1.29 is 28.9 Å². The molecule has 35 heavy (non-hydrogen) atoms. The monoisotopic (exact) mass is 471 g/mol. The Labute approximate surface area is 203 Å². The number of hydrogen-bond acceptors (Lipinski definition) is 6. The maximum Gasteiger partial charge on any atom is 0.295 e. The molecule has 0 bridgehead atoms. The van der Waals surface area contributed by atoms with Crippen molar-refractivity contribution in [3.8, 4) is 17.2 Å². The molecule has 1 atom stereocenters. The molecular weight excluding hydrogens is 446 g/mol. The van der Waals surface area contributed by atoms with Crippen LogP contribution in [0.5, 0.6) is 17.2 Å². The molecule has 0 unspecified atom stereocenters. The normalized spacial score (nSPS) is 18.5. The van der Waals surface area contributed by atoms with Gasteiger partial charge in [-0.1, -0.05) is 42.5 Å². The summed E-state index contributed by atoms with van der Waals surface area (Å²) in [5, 5.41) is 11.4. The number of carbonyl (C=O) groups is 2. The summed E-state index contributed by atoms with van der Waals surface area (Å²) in [5.41, 5.74) is 1.94. The van der Waals surface area contributed by atoms with Gasteiger partial charge in [-0.2, -0.15) is 0 Å². The Balaban J connectivity index is 1.63. The van der Waals surface area contributed by atoms with Crippen molar-refractivity contribution in [1.82, 2.24) is 4.90 Å². The molecule has 178 valence electrons. The maximum atomic E-state index is 13.3. The van der Waals surface area contributed by atoms with Crippen molar-refractivity contribution in [2.24, 2.45) is 0 Å². The van der Waals surface area contributed by atoms with E-state index >= 15 is 0 Å². The Morgan fingerprint density at radius 3 is 2.51 bits per heavy atom. The number of ketones is 1. The van der Waals surface area contributed by atoms with Gasteiger partial charge in [-0.3, -0.25) is 9.59 Å². The highest BCUT2D eigenvalue weighted by molar-refractivity contribution is 6.46. The van der Waals surface area contributed by atoms with Gasteiger partial charge < -0.3 is 24.2 Å². The predicted molar refractivity (Wildman–Crippen MR) is 129 cm³/mol. The highest BCUT2D eigenvalue weighted by Crippen LogP contribution is 2.42. The summed E-state index contributed by atoms with van der Waals surface area (Å²) in [6.07, 6.45) is 0. The van der Waals surface area contributed by atoms with Gasteiger partial charge in [0.1, 0.15) is 24.7 Å². The predicted octanol–water partition coefficient (Wildman–Crippen LogP) is 4.48. The van der Waals surface area contributed by atoms with E-state index < -0.39 is 17.7 Å². The summed E-state index contributed by atoms with van der Waals surface area (Å²) in [7, 11) is 0. The summed E-state index contributed by atoms with van der Waals surface area (Å²) < 4.78 is 16.9. The molecule has 0 aliphatic carbocycles. The minimum Gasteiger partial charge on any atom is -0.507 e. The minimum absolute atomic E-state index is 0.0243. The van der Waals surface area contributed by atoms with Gasteiger partial charge >= 0.3 is 0 Å². The van der Waals surface area contributed by atoms with E-state index in [1.165, 1.54) is 4.90 Å². The third-order valence-electron chi connectivity index (χ3n) is 6.04. The molecule has 1 saturated heterocycles. The Bertz CT molecular complexity index is 1300. The van der Waals surface area contributed by atoms with Gasteiger partial charge in [0.2, 0.25) is 0 Å². The smallest absolute Gasteiger partial charge is 0.295 e. The summed E-state index contributed by atoms with van der Waals surface area (Å²) in [6, 6.07) is 20.9. The molecule has 7 heteroatoms. The van der Waals surface area contributed by atoms with E-state index in [2.05, 4.69) is 0 Å². The topological polar surface area (TPSA) is 85.3 Å². The number of ether oxygens (including phenoxy) is 3. The lowest BCUT2D eigenvalue weighted by atomic mass is 9.95. The summed E-state index contributed by atoms with van der Waals surface area (Å²) in [5.74, 6) is 0.00391. The molecule has 3 aromatic rings. The molecule has 3 aromatic carbocycles. The standard InChI is InChI=1S/C28H25NO6/c1-2-33-21-10-6-9-19(15-21)25-24(26(30)20-11-12-22-23(16-20)35-14-13-34-22)27(31)28(32)29(25)17-18-7-4-3-5-8-18/h3-12,15-16,25,30H,2,13-14,17H2,1H3/b26-24+/t25-/m1/s1. The molecule has 2 aliphatic heterocycles. The molecule has 0 radical (unpaired) electrons. The van der Waals surface area contributed by atoms with Crippen LogP contribution < -0.4 is 14.2 Å². The molecule has 7 nitrogen and oxygen atoms in total. The fourth-order valence-corrected chi connectivity index (χ4v) is 4.46. The van der Waals surface area contributed by atoms with Crippen LogP contribution in [-0.2, 0) is 16.1 Å². The number of fused-ring (bicyclic) bond motifs is 1. The fourth-order valence-electron chi connectivity index (χ4n) is 4.46. The van der Waals surface area contributed by atoms with E-state index in [1.54, 1.807) is 24.3 Å². The largest absolute Gasteiger partial charge is 0.507 e. The number of benzene rings is 3. The minimum atomic E-state index is -0.788. The molecule has 2 aliphatic rings. The van der Waals surface area contributed by atoms with Crippen LogP contribution in [0.1, 0.15) is 29.7 Å². The van der Waals surface area contributed by atoms with Crippen LogP contribution in [-0.4, -0.2) is 41.5 Å². The van der Waals surface area contributed by atoms with Gasteiger partial charge in [0, 0.05) is 12.1 Å². The first-order valence-corrected chi connectivity index (χ1v) is 11.5. The number of aliphatic hydroxyl groups excluding tert-OH is 1. The molecule has 0 saturated carbocycles. The van der Waals surface area contributed by atoms with E-state index in [1.807, 2.05) is 55.5 Å². The zero-order valence-corrected chi connectivity index (χ0v) is 19.3. The lowest BCUT2D eigenvalue weighted by Crippen LogP contribution is -2.29. The molecular formula is C28H25NO6. The first-order valence-electron chi connectivity index (χ1n) is 11.5. The average Bonchev–Trinajstić information content (AvgIpc) is 3.14. The fraction of sp³-hybridized carbons (Fsp3) is 0.214. The average molecular weight is 472 g/mol. The Morgan fingerprint density at radius 1 is 0.971 bits per heavy atom. The zero-order valence-electron chi connectivity index (χ0n) is 19.3. The van der Waals surface area contributed by atoms with Gasteiger partial charge in [-0.15, -0.1) is 0 Å². The highest BCUT2D eigenvalue weighted by atomic mass is 16.6. The van der Waals surface area contributed by atoms with Crippen molar-refractivity contribution in [3.05, 3.63) is 95.1 Å². The van der Waals surface area contributed by atoms with Crippen LogP contribution >= 0.6 is 0 Å². The molecule has 1 fully saturated rings. The van der Waals surface area contributed by atoms with E-state index in [4.69, 9.17) is 14.2 Å². The number of aliphatic hydroxyl groups is 1. The van der Waals surface area contributed by atoms with E-state index in [0.29, 0.717) is 48.2 Å². The molecule has 0 aromatic heterocycles. The number of rotatable bonds is 6. The van der Waals surface area contributed by atoms with Crippen LogP contribution in [0.2, 0.25) is 0 Å². The van der Waals surface area contributed by atoms with Crippen LogP contribution in [0.15, 0.2) is 78.4 Å². The van der Waals surface area contributed by atoms with E-state index in [-0.39, 0.29) is 17.9 Å². The SMILES string of the molecule is CCOc1cccc([C@@H]2/C(=C(\O)c3ccc4c(c3)OCCO4)C(=O)C(=O)N2Cc2ccccc2)c1. The van der Waals surface area contributed by atoms with Crippen LogP contribution in [0.25, 0.3) is 5.76 Å². The number of hydrogen-bond donors (Lipinski definition) is 1. The number of nitrogens with zero attached hydrogens (tertiary/aromatic N) is 1. The first-order chi connectivity index (χ1) is 17.1. The second kappa shape index (κ2) is 9.54. The van der Waals surface area contributed by atoms with Gasteiger partial charge in [-0.25, -0.2) is 0 Å². The van der Waals surface area contributed by atoms with Crippen molar-refractivity contribution in [3.63, 3.8) is 0 Å². The number of likely N-dealkylation sites (tertiary alicyclic amines) is 1. The first kappa shape index (κ1) is 22.5. The van der Waals surface area contributed by atoms with Crippen molar-refractivity contribution in [2.75, 3.05) is 19.8 Å². The Hall–Kier alpha value is -4.26. The number of carbonyl (C=O) groups excluding carboxylic acids is 2. The summed E-state index contributed by atoms with van der Waals surface area (Å²) in [4.78, 5) is 28.0. The summed E-state index contributed by atoms with van der Waals surface area (Å²) >= 11 is 0. The third kappa shape index (κ3) is 4.33. The van der Waals surface area contributed by atoms with E-state index in [9.17, 15) is 14.7 Å². The van der Waals surface area contributed by atoms with Gasteiger partial charge in [0.15, 0.2) is 11.5 Å². The Morgan fingerprint density at radius 2 is 1.74 bits per heavy atom. The van der Waals surface area contributed by atoms with Gasteiger partial charge in [0.25, 0.3) is 11.7 Å². The second-order valence-corrected chi connectivity index (χ2v) is 8.28. The van der Waals surface area contributed by atoms with Gasteiger partial charge in [-0.05, 0) is 48.4 Å². The van der Waals surface area contributed by atoms with Crippen molar-refractivity contribution in [1.29, 1.82) is 0 Å². The molecule has 1 N–H and O–H groups in total. The molecule has 0 spiro atoms. The lowest BCUT2D eigenvalue weighted by molar-refractivity contribution is -0.140. The van der Waals surface area contributed by atoms with E-state index in [0.717, 1.165) is 5.56 Å².